The molecule has 1 aliphatic carbocycles. The number of rotatable bonds is 3. The zero-order valence-electron chi connectivity index (χ0n) is 11.7. The minimum Gasteiger partial charge on any atom is -0.388 e. The van der Waals surface area contributed by atoms with E-state index in [0.717, 1.165) is 31.6 Å². The van der Waals surface area contributed by atoms with Crippen molar-refractivity contribution < 1.29 is 9.90 Å². The summed E-state index contributed by atoms with van der Waals surface area (Å²) >= 11 is 0. The molecule has 100 valence electrons. The molecule has 3 nitrogen and oxygen atoms in total. The van der Waals surface area contributed by atoms with Crippen molar-refractivity contribution in [2.75, 3.05) is 6.54 Å². The smallest absolute Gasteiger partial charge is 0.225 e. The Bertz CT molecular complexity index is 260. The SMILES string of the molecule is CCC1CCC(O)(CNC(=O)C(C)(C)C)CC1. The first-order valence-corrected chi connectivity index (χ1v) is 6.77. The second kappa shape index (κ2) is 5.38. The Hall–Kier alpha value is -0.570. The van der Waals surface area contributed by atoms with Gasteiger partial charge in [-0.1, -0.05) is 34.1 Å². The summed E-state index contributed by atoms with van der Waals surface area (Å²) in [7, 11) is 0. The Morgan fingerprint density at radius 2 is 1.88 bits per heavy atom. The van der Waals surface area contributed by atoms with Gasteiger partial charge >= 0.3 is 0 Å². The predicted molar refractivity (Wildman–Crippen MR) is 69.7 cm³/mol. The first kappa shape index (κ1) is 14.5. The third kappa shape index (κ3) is 4.30. The fourth-order valence-electron chi connectivity index (χ4n) is 2.31. The molecule has 0 saturated heterocycles. The molecular weight excluding hydrogens is 214 g/mol. The molecule has 2 N–H and O–H groups in total. The van der Waals surface area contributed by atoms with Crippen molar-refractivity contribution >= 4 is 5.91 Å². The topological polar surface area (TPSA) is 49.3 Å². The van der Waals surface area contributed by atoms with Crippen LogP contribution in [0.3, 0.4) is 0 Å². The maximum absolute atomic E-state index is 11.7. The van der Waals surface area contributed by atoms with E-state index < -0.39 is 5.60 Å². The average Bonchev–Trinajstić information content (AvgIpc) is 2.26. The minimum absolute atomic E-state index is 0.0172. The summed E-state index contributed by atoms with van der Waals surface area (Å²) < 4.78 is 0. The summed E-state index contributed by atoms with van der Waals surface area (Å²) in [5.41, 5.74) is -1.05. The van der Waals surface area contributed by atoms with Gasteiger partial charge in [0.25, 0.3) is 0 Å². The second-order valence-corrected chi connectivity index (χ2v) is 6.51. The van der Waals surface area contributed by atoms with Gasteiger partial charge in [0, 0.05) is 12.0 Å². The van der Waals surface area contributed by atoms with E-state index in [1.807, 2.05) is 20.8 Å². The number of hydrogen-bond donors (Lipinski definition) is 2. The van der Waals surface area contributed by atoms with Gasteiger partial charge in [0.15, 0.2) is 0 Å². The van der Waals surface area contributed by atoms with Crippen molar-refractivity contribution in [3.05, 3.63) is 0 Å². The standard InChI is InChI=1S/C14H27NO2/c1-5-11-6-8-14(17,9-7-11)10-15-12(16)13(2,3)4/h11,17H,5-10H2,1-4H3,(H,15,16). The van der Waals surface area contributed by atoms with Crippen LogP contribution in [0.5, 0.6) is 0 Å². The second-order valence-electron chi connectivity index (χ2n) is 6.51. The van der Waals surface area contributed by atoms with Crippen molar-refractivity contribution in [1.82, 2.24) is 5.32 Å². The van der Waals surface area contributed by atoms with Gasteiger partial charge in [-0.3, -0.25) is 4.79 Å². The first-order valence-electron chi connectivity index (χ1n) is 6.77. The largest absolute Gasteiger partial charge is 0.388 e. The number of aliphatic hydroxyl groups is 1. The van der Waals surface area contributed by atoms with Crippen LogP contribution in [0, 0.1) is 11.3 Å². The quantitative estimate of drug-likeness (QED) is 0.797. The van der Waals surface area contributed by atoms with E-state index in [2.05, 4.69) is 12.2 Å². The minimum atomic E-state index is -0.674. The highest BCUT2D eigenvalue weighted by Crippen LogP contribution is 2.33. The van der Waals surface area contributed by atoms with E-state index >= 15 is 0 Å². The molecule has 1 rings (SSSR count). The molecule has 1 amide bonds. The van der Waals surface area contributed by atoms with Crippen LogP contribution >= 0.6 is 0 Å². The number of amides is 1. The predicted octanol–water partition coefficient (Wildman–Crippen LogP) is 2.48. The maximum atomic E-state index is 11.7. The van der Waals surface area contributed by atoms with E-state index in [1.165, 1.54) is 6.42 Å². The third-order valence-corrected chi connectivity index (χ3v) is 3.87. The zero-order valence-corrected chi connectivity index (χ0v) is 11.7. The molecule has 0 aromatic carbocycles. The molecule has 17 heavy (non-hydrogen) atoms. The van der Waals surface area contributed by atoms with Crippen LogP contribution in [-0.2, 0) is 4.79 Å². The van der Waals surface area contributed by atoms with Gasteiger partial charge in [-0.25, -0.2) is 0 Å². The molecule has 0 radical (unpaired) electrons. The normalized spacial score (nSPS) is 30.1. The van der Waals surface area contributed by atoms with Crippen LogP contribution in [0.2, 0.25) is 0 Å². The van der Waals surface area contributed by atoms with E-state index in [9.17, 15) is 9.90 Å². The lowest BCUT2D eigenvalue weighted by molar-refractivity contribution is -0.130. The van der Waals surface area contributed by atoms with E-state index in [4.69, 9.17) is 0 Å². The maximum Gasteiger partial charge on any atom is 0.225 e. The summed E-state index contributed by atoms with van der Waals surface area (Å²) in [5.74, 6) is 0.775. The van der Waals surface area contributed by atoms with Gasteiger partial charge in [0.1, 0.15) is 0 Å². The monoisotopic (exact) mass is 241 g/mol. The number of carbonyl (C=O) groups is 1. The summed E-state index contributed by atoms with van der Waals surface area (Å²) in [6.45, 7) is 8.27. The van der Waals surface area contributed by atoms with Crippen LogP contribution in [-0.4, -0.2) is 23.2 Å². The van der Waals surface area contributed by atoms with Gasteiger partial charge in [-0.05, 0) is 31.6 Å². The van der Waals surface area contributed by atoms with E-state index in [-0.39, 0.29) is 11.3 Å². The Morgan fingerprint density at radius 1 is 1.35 bits per heavy atom. The molecule has 0 aromatic heterocycles. The van der Waals surface area contributed by atoms with Crippen molar-refractivity contribution in [2.24, 2.45) is 11.3 Å². The number of carbonyl (C=O) groups excluding carboxylic acids is 1. The first-order chi connectivity index (χ1) is 7.77. The van der Waals surface area contributed by atoms with Gasteiger partial charge in [-0.2, -0.15) is 0 Å². The van der Waals surface area contributed by atoms with Crippen molar-refractivity contribution in [2.45, 2.75) is 65.4 Å². The molecule has 1 fully saturated rings. The van der Waals surface area contributed by atoms with Crippen LogP contribution in [0.15, 0.2) is 0 Å². The summed E-state index contributed by atoms with van der Waals surface area (Å²) in [6.07, 6.45) is 4.99. The Kier molecular flexibility index (Phi) is 4.59. The lowest BCUT2D eigenvalue weighted by Crippen LogP contribution is -2.47. The molecule has 0 heterocycles. The number of nitrogens with one attached hydrogen (secondary N) is 1. The molecule has 0 aromatic rings. The molecule has 0 aliphatic heterocycles. The molecule has 1 aliphatic rings. The summed E-state index contributed by atoms with van der Waals surface area (Å²) in [6, 6.07) is 0. The van der Waals surface area contributed by atoms with Gasteiger partial charge in [0.2, 0.25) is 5.91 Å². The fourth-order valence-corrected chi connectivity index (χ4v) is 2.31. The van der Waals surface area contributed by atoms with E-state index in [0.29, 0.717) is 6.54 Å². The average molecular weight is 241 g/mol. The van der Waals surface area contributed by atoms with Crippen LogP contribution in [0.25, 0.3) is 0 Å². The van der Waals surface area contributed by atoms with Crippen LogP contribution in [0.1, 0.15) is 59.8 Å². The van der Waals surface area contributed by atoms with Gasteiger partial charge in [0.05, 0.1) is 5.60 Å². The third-order valence-electron chi connectivity index (χ3n) is 3.87. The van der Waals surface area contributed by atoms with Gasteiger partial charge in [-0.15, -0.1) is 0 Å². The fraction of sp³-hybridized carbons (Fsp3) is 0.929. The van der Waals surface area contributed by atoms with Crippen molar-refractivity contribution in [3.63, 3.8) is 0 Å². The molecule has 0 unspecified atom stereocenters. The number of hydrogen-bond acceptors (Lipinski definition) is 2. The highest BCUT2D eigenvalue weighted by atomic mass is 16.3. The molecule has 3 heteroatoms. The lowest BCUT2D eigenvalue weighted by Gasteiger charge is -2.36. The van der Waals surface area contributed by atoms with Crippen LogP contribution < -0.4 is 5.32 Å². The Balaban J connectivity index is 2.39. The zero-order chi connectivity index (χ0) is 13.1. The Morgan fingerprint density at radius 3 is 2.29 bits per heavy atom. The molecule has 1 saturated carbocycles. The molecule has 0 spiro atoms. The molecular formula is C14H27NO2. The Labute approximate surface area is 105 Å². The van der Waals surface area contributed by atoms with Crippen LogP contribution in [0.4, 0.5) is 0 Å². The highest BCUT2D eigenvalue weighted by Gasteiger charge is 2.33. The van der Waals surface area contributed by atoms with Crippen molar-refractivity contribution in [3.8, 4) is 0 Å². The van der Waals surface area contributed by atoms with Gasteiger partial charge < -0.3 is 10.4 Å². The summed E-state index contributed by atoms with van der Waals surface area (Å²) in [4.78, 5) is 11.7. The molecule has 0 atom stereocenters. The molecule has 0 bridgehead atoms. The lowest BCUT2D eigenvalue weighted by atomic mass is 9.77. The highest BCUT2D eigenvalue weighted by molar-refractivity contribution is 5.81. The van der Waals surface area contributed by atoms with Crippen molar-refractivity contribution in [1.29, 1.82) is 0 Å². The summed E-state index contributed by atoms with van der Waals surface area (Å²) in [5, 5.41) is 13.3. The van der Waals surface area contributed by atoms with E-state index in [1.54, 1.807) is 0 Å².